The van der Waals surface area contributed by atoms with Crippen molar-refractivity contribution >= 4 is 33.1 Å². The number of hydrogen-bond donors (Lipinski definition) is 1. The van der Waals surface area contributed by atoms with Gasteiger partial charge in [0.05, 0.1) is 5.39 Å². The summed E-state index contributed by atoms with van der Waals surface area (Å²) in [6.45, 7) is 4.01. The number of nitrogens with one attached hydrogen (secondary N) is 1. The van der Waals surface area contributed by atoms with Gasteiger partial charge in [0.25, 0.3) is 5.91 Å². The minimum absolute atomic E-state index is 0.112. The zero-order valence-corrected chi connectivity index (χ0v) is 14.1. The number of hydrogen-bond acceptors (Lipinski definition) is 5. The van der Waals surface area contributed by atoms with E-state index < -0.39 is 0 Å². The van der Waals surface area contributed by atoms with Crippen molar-refractivity contribution in [1.82, 2.24) is 24.9 Å². The van der Waals surface area contributed by atoms with Gasteiger partial charge in [0.1, 0.15) is 11.2 Å². The summed E-state index contributed by atoms with van der Waals surface area (Å²) in [6, 6.07) is 0.112. The average molecular weight is 329 g/mol. The first-order chi connectivity index (χ1) is 11.2. The van der Waals surface area contributed by atoms with Gasteiger partial charge in [0, 0.05) is 10.9 Å². The van der Waals surface area contributed by atoms with Gasteiger partial charge in [0.2, 0.25) is 5.82 Å². The van der Waals surface area contributed by atoms with Crippen LogP contribution in [0.3, 0.4) is 0 Å². The monoisotopic (exact) mass is 329 g/mol. The molecule has 1 aliphatic rings. The average Bonchev–Trinajstić information content (AvgIpc) is 3.15. The molecule has 0 radical (unpaired) electrons. The van der Waals surface area contributed by atoms with Crippen molar-refractivity contribution in [2.24, 2.45) is 0 Å². The fourth-order valence-corrected chi connectivity index (χ4v) is 4.26. The molecule has 1 amide bonds. The van der Waals surface area contributed by atoms with Crippen molar-refractivity contribution in [3.8, 4) is 0 Å². The van der Waals surface area contributed by atoms with Crippen LogP contribution in [0.1, 0.15) is 54.2 Å². The van der Waals surface area contributed by atoms with Gasteiger partial charge >= 0.3 is 0 Å². The van der Waals surface area contributed by atoms with Crippen LogP contribution in [0.25, 0.3) is 15.9 Å². The molecular formula is C16H19N5OS. The highest BCUT2D eigenvalue weighted by Crippen LogP contribution is 2.36. The third kappa shape index (κ3) is 2.39. The number of aromatic nitrogens is 4. The van der Waals surface area contributed by atoms with E-state index in [2.05, 4.69) is 20.4 Å². The van der Waals surface area contributed by atoms with Crippen LogP contribution >= 0.6 is 11.3 Å². The van der Waals surface area contributed by atoms with E-state index >= 15 is 0 Å². The normalized spacial score (nSPS) is 15.7. The summed E-state index contributed by atoms with van der Waals surface area (Å²) in [4.78, 5) is 23.7. The van der Waals surface area contributed by atoms with E-state index in [4.69, 9.17) is 0 Å². The molecule has 0 spiro atoms. The summed E-state index contributed by atoms with van der Waals surface area (Å²) in [5, 5.41) is 8.32. The van der Waals surface area contributed by atoms with Crippen LogP contribution in [0.2, 0.25) is 0 Å². The molecule has 23 heavy (non-hydrogen) atoms. The highest BCUT2D eigenvalue weighted by Gasteiger charge is 2.22. The van der Waals surface area contributed by atoms with Gasteiger partial charge < -0.3 is 5.32 Å². The SMILES string of the molecule is CC[C@H](C)NC(=O)c1nc2c3c4c(sc3ncn2n1)CCCC4. The van der Waals surface area contributed by atoms with Crippen molar-refractivity contribution < 1.29 is 4.79 Å². The molecular weight excluding hydrogens is 310 g/mol. The van der Waals surface area contributed by atoms with Crippen LogP contribution in [-0.4, -0.2) is 31.5 Å². The largest absolute Gasteiger partial charge is 0.347 e. The quantitative estimate of drug-likeness (QED) is 0.802. The van der Waals surface area contributed by atoms with Crippen molar-refractivity contribution in [3.05, 3.63) is 22.6 Å². The van der Waals surface area contributed by atoms with E-state index in [1.165, 1.54) is 23.3 Å². The third-order valence-electron chi connectivity index (χ3n) is 4.48. The summed E-state index contributed by atoms with van der Waals surface area (Å²) in [6.07, 6.45) is 7.17. The first kappa shape index (κ1) is 14.6. The molecule has 7 heteroatoms. The number of carbonyl (C=O) groups is 1. The highest BCUT2D eigenvalue weighted by atomic mass is 32.1. The molecule has 0 aromatic carbocycles. The maximum Gasteiger partial charge on any atom is 0.291 e. The molecule has 0 unspecified atom stereocenters. The summed E-state index contributed by atoms with van der Waals surface area (Å²) in [7, 11) is 0. The number of aryl methyl sites for hydroxylation is 2. The van der Waals surface area contributed by atoms with Gasteiger partial charge in [0.15, 0.2) is 5.65 Å². The maximum absolute atomic E-state index is 12.3. The van der Waals surface area contributed by atoms with E-state index in [9.17, 15) is 4.79 Å². The van der Waals surface area contributed by atoms with E-state index in [1.54, 1.807) is 22.2 Å². The Morgan fingerprint density at radius 3 is 3.09 bits per heavy atom. The first-order valence-corrected chi connectivity index (χ1v) is 8.95. The van der Waals surface area contributed by atoms with Crippen molar-refractivity contribution in [2.45, 2.75) is 52.0 Å². The molecule has 1 aliphatic carbocycles. The van der Waals surface area contributed by atoms with Crippen LogP contribution in [0.15, 0.2) is 6.33 Å². The molecule has 0 saturated carbocycles. The summed E-state index contributed by atoms with van der Waals surface area (Å²) in [5.41, 5.74) is 2.11. The summed E-state index contributed by atoms with van der Waals surface area (Å²) >= 11 is 1.75. The predicted molar refractivity (Wildman–Crippen MR) is 90.0 cm³/mol. The van der Waals surface area contributed by atoms with E-state index in [1.807, 2.05) is 13.8 Å². The predicted octanol–water partition coefficient (Wildman–Crippen LogP) is 2.75. The van der Waals surface area contributed by atoms with Gasteiger partial charge in [-0.25, -0.2) is 14.5 Å². The number of rotatable bonds is 3. The molecule has 120 valence electrons. The number of thiophene rings is 1. The second kappa shape index (κ2) is 5.56. The smallest absolute Gasteiger partial charge is 0.291 e. The topological polar surface area (TPSA) is 72.2 Å². The Morgan fingerprint density at radius 2 is 2.26 bits per heavy atom. The summed E-state index contributed by atoms with van der Waals surface area (Å²) < 4.78 is 1.63. The number of fused-ring (bicyclic) bond motifs is 5. The number of amides is 1. The lowest BCUT2D eigenvalue weighted by Gasteiger charge is -2.09. The van der Waals surface area contributed by atoms with Crippen LogP contribution in [0, 0.1) is 0 Å². The van der Waals surface area contributed by atoms with Gasteiger partial charge in [-0.3, -0.25) is 4.79 Å². The Balaban J connectivity index is 1.83. The molecule has 1 N–H and O–H groups in total. The molecule has 1 atom stereocenters. The highest BCUT2D eigenvalue weighted by molar-refractivity contribution is 7.19. The molecule has 0 aliphatic heterocycles. The van der Waals surface area contributed by atoms with Gasteiger partial charge in [-0.2, -0.15) is 0 Å². The molecule has 0 bridgehead atoms. The van der Waals surface area contributed by atoms with Crippen LogP contribution < -0.4 is 5.32 Å². The fraction of sp³-hybridized carbons (Fsp3) is 0.500. The standard InChI is InChI=1S/C16H19N5OS/c1-3-9(2)18-15(22)13-19-14-12-10-6-4-5-7-11(10)23-16(12)17-8-21(14)20-13/h8-9H,3-7H2,1-2H3,(H,18,22)/t9-/m0/s1. The Labute approximate surface area is 137 Å². The van der Waals surface area contributed by atoms with Crippen LogP contribution in [0.5, 0.6) is 0 Å². The Hall–Kier alpha value is -2.02. The lowest BCUT2D eigenvalue weighted by atomic mass is 9.97. The van der Waals surface area contributed by atoms with Crippen LogP contribution in [0.4, 0.5) is 0 Å². The molecule has 0 fully saturated rings. The van der Waals surface area contributed by atoms with E-state index in [0.717, 1.165) is 35.1 Å². The third-order valence-corrected chi connectivity index (χ3v) is 5.68. The zero-order valence-electron chi connectivity index (χ0n) is 13.3. The van der Waals surface area contributed by atoms with Gasteiger partial charge in [-0.1, -0.05) is 6.92 Å². The van der Waals surface area contributed by atoms with Crippen molar-refractivity contribution in [3.63, 3.8) is 0 Å². The molecule has 3 aromatic rings. The lowest BCUT2D eigenvalue weighted by Crippen LogP contribution is -2.32. The number of nitrogens with zero attached hydrogens (tertiary/aromatic N) is 4. The maximum atomic E-state index is 12.3. The van der Waals surface area contributed by atoms with Crippen molar-refractivity contribution in [1.29, 1.82) is 0 Å². The van der Waals surface area contributed by atoms with E-state index in [-0.39, 0.29) is 17.8 Å². The van der Waals surface area contributed by atoms with Gasteiger partial charge in [-0.15, -0.1) is 16.4 Å². The molecule has 6 nitrogen and oxygen atoms in total. The Bertz CT molecular complexity index is 897. The Morgan fingerprint density at radius 1 is 1.43 bits per heavy atom. The van der Waals surface area contributed by atoms with Crippen LogP contribution in [-0.2, 0) is 12.8 Å². The van der Waals surface area contributed by atoms with E-state index in [0.29, 0.717) is 0 Å². The second-order valence-corrected chi connectivity index (χ2v) is 7.21. The lowest BCUT2D eigenvalue weighted by molar-refractivity contribution is 0.0929. The number of carbonyl (C=O) groups excluding carboxylic acids is 1. The molecule has 0 saturated heterocycles. The van der Waals surface area contributed by atoms with Crippen molar-refractivity contribution in [2.75, 3.05) is 0 Å². The minimum Gasteiger partial charge on any atom is -0.347 e. The molecule has 3 heterocycles. The molecule has 3 aromatic heterocycles. The minimum atomic E-state index is -0.222. The van der Waals surface area contributed by atoms with Gasteiger partial charge in [-0.05, 0) is 44.6 Å². The zero-order chi connectivity index (χ0) is 16.0. The Kier molecular flexibility index (Phi) is 3.52. The summed E-state index contributed by atoms with van der Waals surface area (Å²) in [5.74, 6) is -0.00402. The second-order valence-electron chi connectivity index (χ2n) is 6.12. The first-order valence-electron chi connectivity index (χ1n) is 8.14. The molecule has 4 rings (SSSR count). The fourth-order valence-electron chi connectivity index (χ4n) is 3.04.